The number of carboxylic acid groups (broad SMARTS) is 1. The number of nitro groups is 1. The van der Waals surface area contributed by atoms with Crippen LogP contribution in [0.1, 0.15) is 5.56 Å². The molecule has 0 heterocycles. The van der Waals surface area contributed by atoms with Gasteiger partial charge in [-0.2, -0.15) is 9.11 Å². The van der Waals surface area contributed by atoms with E-state index >= 15 is 0 Å². The zero-order chi connectivity index (χ0) is 18.6. The van der Waals surface area contributed by atoms with Crippen molar-refractivity contribution in [1.29, 1.82) is 0 Å². The highest BCUT2D eigenvalue weighted by atomic mass is 32.2. The highest BCUT2D eigenvalue weighted by Crippen LogP contribution is 2.21. The minimum atomic E-state index is -4.40. The van der Waals surface area contributed by atoms with E-state index in [2.05, 4.69) is 0 Å². The van der Waals surface area contributed by atoms with Gasteiger partial charge in [0, 0.05) is 6.07 Å². The summed E-state index contributed by atoms with van der Waals surface area (Å²) >= 11 is 0. The lowest BCUT2D eigenvalue weighted by Crippen LogP contribution is -2.42. The van der Waals surface area contributed by atoms with Crippen LogP contribution in [0.15, 0.2) is 53.4 Å². The summed E-state index contributed by atoms with van der Waals surface area (Å²) in [6, 6.07) is 8.85. The number of carboxylic acids is 1. The number of hydrogen-bond acceptors (Lipinski definition) is 5. The molecule has 0 bridgehead atoms. The van der Waals surface area contributed by atoms with Crippen LogP contribution in [-0.4, -0.2) is 30.5 Å². The molecule has 2 N–H and O–H groups in total. The number of nitrogens with one attached hydrogen (secondary N) is 1. The molecule has 0 unspecified atom stereocenters. The van der Waals surface area contributed by atoms with Crippen molar-refractivity contribution in [2.75, 3.05) is 0 Å². The third-order valence-corrected chi connectivity index (χ3v) is 4.77. The molecule has 0 aliphatic heterocycles. The van der Waals surface area contributed by atoms with Crippen LogP contribution in [0.25, 0.3) is 0 Å². The van der Waals surface area contributed by atoms with Crippen molar-refractivity contribution in [3.63, 3.8) is 0 Å². The Hall–Kier alpha value is -2.85. The molecule has 132 valence electrons. The van der Waals surface area contributed by atoms with Gasteiger partial charge in [0.05, 0.1) is 9.82 Å². The average Bonchev–Trinajstić information content (AvgIpc) is 2.54. The molecule has 0 saturated heterocycles. The first-order valence-electron chi connectivity index (χ1n) is 6.93. The first-order chi connectivity index (χ1) is 11.7. The summed E-state index contributed by atoms with van der Waals surface area (Å²) in [5, 5.41) is 20.0. The molecule has 1 atom stereocenters. The van der Waals surface area contributed by atoms with Gasteiger partial charge in [0.1, 0.15) is 6.04 Å². The number of halogens is 1. The van der Waals surface area contributed by atoms with Gasteiger partial charge in [0.25, 0.3) is 0 Å². The van der Waals surface area contributed by atoms with Gasteiger partial charge in [-0.25, -0.2) is 8.42 Å². The first kappa shape index (κ1) is 18.5. The van der Waals surface area contributed by atoms with Crippen LogP contribution in [-0.2, 0) is 21.2 Å². The van der Waals surface area contributed by atoms with Gasteiger partial charge >= 0.3 is 11.7 Å². The zero-order valence-electron chi connectivity index (χ0n) is 12.6. The summed E-state index contributed by atoms with van der Waals surface area (Å²) in [6.45, 7) is 0. The Morgan fingerprint density at radius 3 is 2.44 bits per heavy atom. The highest BCUT2D eigenvalue weighted by Gasteiger charge is 2.27. The maximum Gasteiger partial charge on any atom is 0.322 e. The van der Waals surface area contributed by atoms with Gasteiger partial charge in [0.2, 0.25) is 15.8 Å². The molecule has 2 aromatic rings. The number of nitro benzene ring substituents is 1. The third-order valence-electron chi connectivity index (χ3n) is 3.30. The predicted molar refractivity (Wildman–Crippen MR) is 84.9 cm³/mol. The Balaban J connectivity index is 2.30. The standard InChI is InChI=1S/C15H13FN2O6S/c16-12-7-6-11(9-14(12)18(21)22)25(23,24)17-13(15(19)20)8-10-4-2-1-3-5-10/h1-7,9,13,17H,8H2,(H,19,20)/t13-/m1/s1. The molecule has 0 spiro atoms. The number of aliphatic carboxylic acids is 1. The first-order valence-corrected chi connectivity index (χ1v) is 8.42. The number of benzene rings is 2. The average molecular weight is 368 g/mol. The van der Waals surface area contributed by atoms with E-state index in [0.717, 1.165) is 6.07 Å². The Labute approximate surface area is 142 Å². The fourth-order valence-corrected chi connectivity index (χ4v) is 3.29. The highest BCUT2D eigenvalue weighted by molar-refractivity contribution is 7.89. The lowest BCUT2D eigenvalue weighted by Gasteiger charge is -2.15. The van der Waals surface area contributed by atoms with E-state index in [1.54, 1.807) is 30.3 Å². The van der Waals surface area contributed by atoms with Crippen LogP contribution in [0.4, 0.5) is 10.1 Å². The summed E-state index contributed by atoms with van der Waals surface area (Å²) in [6.07, 6.45) is -0.126. The lowest BCUT2D eigenvalue weighted by atomic mass is 10.1. The Morgan fingerprint density at radius 2 is 1.88 bits per heavy atom. The summed E-state index contributed by atoms with van der Waals surface area (Å²) < 4.78 is 39.9. The molecular weight excluding hydrogens is 355 g/mol. The Morgan fingerprint density at radius 1 is 1.24 bits per heavy atom. The topological polar surface area (TPSA) is 127 Å². The number of nitrogens with zero attached hydrogens (tertiary/aromatic N) is 1. The number of sulfonamides is 1. The molecule has 8 nitrogen and oxygen atoms in total. The molecule has 2 aromatic carbocycles. The van der Waals surface area contributed by atoms with Crippen LogP contribution in [0.5, 0.6) is 0 Å². The number of carbonyl (C=O) groups is 1. The van der Waals surface area contributed by atoms with Gasteiger partial charge in [-0.05, 0) is 24.1 Å². The van der Waals surface area contributed by atoms with E-state index in [-0.39, 0.29) is 6.42 Å². The summed E-state index contributed by atoms with van der Waals surface area (Å²) in [5.74, 6) is -2.60. The van der Waals surface area contributed by atoms with Crippen LogP contribution in [0, 0.1) is 15.9 Å². The van der Waals surface area contributed by atoms with Crippen LogP contribution < -0.4 is 4.72 Å². The zero-order valence-corrected chi connectivity index (χ0v) is 13.4. The van der Waals surface area contributed by atoms with Crippen LogP contribution in [0.3, 0.4) is 0 Å². The maximum atomic E-state index is 13.3. The molecule has 0 fully saturated rings. The molecule has 25 heavy (non-hydrogen) atoms. The van der Waals surface area contributed by atoms with Gasteiger partial charge < -0.3 is 5.11 Å². The van der Waals surface area contributed by atoms with Crippen molar-refractivity contribution < 1.29 is 27.6 Å². The summed E-state index contributed by atoms with van der Waals surface area (Å²) in [5.41, 5.74) is -0.430. The minimum absolute atomic E-state index is 0.126. The fourth-order valence-electron chi connectivity index (χ4n) is 2.08. The molecular formula is C15H13FN2O6S. The maximum absolute atomic E-state index is 13.3. The van der Waals surface area contributed by atoms with E-state index in [0.29, 0.717) is 17.7 Å². The number of rotatable bonds is 7. The predicted octanol–water partition coefficient (Wildman–Crippen LogP) is 1.71. The molecule has 0 radical (unpaired) electrons. The normalized spacial score (nSPS) is 12.5. The third kappa shape index (κ3) is 4.58. The fraction of sp³-hybridized carbons (Fsp3) is 0.133. The second-order valence-corrected chi connectivity index (χ2v) is 6.79. The Kier molecular flexibility index (Phi) is 5.45. The van der Waals surface area contributed by atoms with E-state index in [9.17, 15) is 32.8 Å². The molecule has 0 aliphatic carbocycles. The van der Waals surface area contributed by atoms with E-state index in [4.69, 9.17) is 0 Å². The van der Waals surface area contributed by atoms with E-state index in [1.165, 1.54) is 0 Å². The van der Waals surface area contributed by atoms with Gasteiger partial charge in [-0.15, -0.1) is 0 Å². The van der Waals surface area contributed by atoms with E-state index < -0.39 is 43.4 Å². The molecule has 0 aromatic heterocycles. The summed E-state index contributed by atoms with van der Waals surface area (Å²) in [7, 11) is -4.40. The van der Waals surface area contributed by atoms with Crippen molar-refractivity contribution in [3.8, 4) is 0 Å². The van der Waals surface area contributed by atoms with Crippen LogP contribution >= 0.6 is 0 Å². The van der Waals surface area contributed by atoms with Gasteiger partial charge in [-0.1, -0.05) is 30.3 Å². The molecule has 2 rings (SSSR count). The SMILES string of the molecule is O=C(O)[C@@H](Cc1ccccc1)NS(=O)(=O)c1ccc(F)c([N+](=O)[O-])c1. The Bertz CT molecular complexity index is 901. The van der Waals surface area contributed by atoms with Crippen molar-refractivity contribution in [3.05, 3.63) is 70.0 Å². The van der Waals surface area contributed by atoms with E-state index in [1.807, 2.05) is 4.72 Å². The van der Waals surface area contributed by atoms with Gasteiger partial charge in [0.15, 0.2) is 0 Å². The number of hydrogen-bond donors (Lipinski definition) is 2. The van der Waals surface area contributed by atoms with Crippen molar-refractivity contribution in [1.82, 2.24) is 4.72 Å². The second kappa shape index (κ2) is 7.36. The largest absolute Gasteiger partial charge is 0.480 e. The quantitative estimate of drug-likeness (QED) is 0.566. The lowest BCUT2D eigenvalue weighted by molar-refractivity contribution is -0.387. The second-order valence-electron chi connectivity index (χ2n) is 5.07. The smallest absolute Gasteiger partial charge is 0.322 e. The van der Waals surface area contributed by atoms with Crippen LogP contribution in [0.2, 0.25) is 0 Å². The molecule has 0 amide bonds. The van der Waals surface area contributed by atoms with Crippen molar-refractivity contribution in [2.24, 2.45) is 0 Å². The summed E-state index contributed by atoms with van der Waals surface area (Å²) in [4.78, 5) is 20.4. The monoisotopic (exact) mass is 368 g/mol. The van der Waals surface area contributed by atoms with Crippen molar-refractivity contribution >= 4 is 21.7 Å². The van der Waals surface area contributed by atoms with Crippen molar-refractivity contribution in [2.45, 2.75) is 17.4 Å². The molecule has 0 saturated carbocycles. The van der Waals surface area contributed by atoms with Gasteiger partial charge in [-0.3, -0.25) is 14.9 Å². The minimum Gasteiger partial charge on any atom is -0.480 e. The molecule has 0 aliphatic rings. The molecule has 10 heteroatoms.